The SMILES string of the molecule is COC(=O)c1ccc(-n2c(C)cc(/C=C(/C#N)C(=O)N[C@@H](C)c3ccccc3)c2C)c(C)c1. The summed E-state index contributed by atoms with van der Waals surface area (Å²) in [6.45, 7) is 7.71. The first-order valence-corrected chi connectivity index (χ1v) is 10.6. The summed E-state index contributed by atoms with van der Waals surface area (Å²) in [5, 5.41) is 12.5. The maximum atomic E-state index is 12.8. The molecule has 0 saturated heterocycles. The minimum Gasteiger partial charge on any atom is -0.465 e. The fraction of sp³-hybridized carbons (Fsp3) is 0.222. The lowest BCUT2D eigenvalue weighted by Crippen LogP contribution is -2.27. The number of carbonyl (C=O) groups is 2. The van der Waals surface area contributed by atoms with Crippen LogP contribution in [0.25, 0.3) is 11.8 Å². The number of esters is 1. The molecule has 168 valence electrons. The molecule has 1 aromatic heterocycles. The number of amides is 1. The van der Waals surface area contributed by atoms with Crippen molar-refractivity contribution < 1.29 is 14.3 Å². The van der Waals surface area contributed by atoms with Gasteiger partial charge in [0, 0.05) is 17.1 Å². The smallest absolute Gasteiger partial charge is 0.337 e. The minimum absolute atomic E-state index is 0.0378. The van der Waals surface area contributed by atoms with Gasteiger partial charge in [0.1, 0.15) is 11.6 Å². The van der Waals surface area contributed by atoms with Crippen LogP contribution in [-0.2, 0) is 9.53 Å². The quantitative estimate of drug-likeness (QED) is 0.332. The lowest BCUT2D eigenvalue weighted by Gasteiger charge is -2.14. The molecular weight excluding hydrogens is 414 g/mol. The van der Waals surface area contributed by atoms with E-state index < -0.39 is 5.91 Å². The number of nitrogens with one attached hydrogen (secondary N) is 1. The van der Waals surface area contributed by atoms with Crippen LogP contribution in [0.4, 0.5) is 0 Å². The highest BCUT2D eigenvalue weighted by atomic mass is 16.5. The summed E-state index contributed by atoms with van der Waals surface area (Å²) in [4.78, 5) is 24.6. The van der Waals surface area contributed by atoms with Crippen LogP contribution in [-0.4, -0.2) is 23.6 Å². The molecule has 0 saturated carbocycles. The van der Waals surface area contributed by atoms with Gasteiger partial charge in [0.25, 0.3) is 5.91 Å². The molecule has 0 radical (unpaired) electrons. The molecule has 0 fully saturated rings. The van der Waals surface area contributed by atoms with Crippen LogP contribution in [0, 0.1) is 32.1 Å². The molecule has 0 spiro atoms. The van der Waals surface area contributed by atoms with Crippen molar-refractivity contribution in [2.24, 2.45) is 0 Å². The number of ether oxygens (including phenoxy) is 1. The number of aryl methyl sites for hydroxylation is 2. The van der Waals surface area contributed by atoms with Crippen molar-refractivity contribution in [1.82, 2.24) is 9.88 Å². The number of nitrogens with zero attached hydrogens (tertiary/aromatic N) is 2. The second-order valence-electron chi connectivity index (χ2n) is 7.93. The van der Waals surface area contributed by atoms with Gasteiger partial charge in [0.15, 0.2) is 0 Å². The average molecular weight is 442 g/mol. The Labute approximate surface area is 194 Å². The summed E-state index contributed by atoms with van der Waals surface area (Å²) < 4.78 is 6.84. The van der Waals surface area contributed by atoms with Crippen molar-refractivity contribution in [2.75, 3.05) is 7.11 Å². The van der Waals surface area contributed by atoms with Crippen molar-refractivity contribution in [3.63, 3.8) is 0 Å². The fourth-order valence-electron chi connectivity index (χ4n) is 3.86. The monoisotopic (exact) mass is 441 g/mol. The Bertz CT molecular complexity index is 1260. The van der Waals surface area contributed by atoms with Gasteiger partial charge in [-0.05, 0) is 74.7 Å². The molecule has 3 aromatic rings. The second kappa shape index (κ2) is 10.0. The molecule has 2 aromatic carbocycles. The summed E-state index contributed by atoms with van der Waals surface area (Å²) in [5.41, 5.74) is 5.92. The summed E-state index contributed by atoms with van der Waals surface area (Å²) in [7, 11) is 1.36. The molecule has 1 amide bonds. The van der Waals surface area contributed by atoms with Gasteiger partial charge >= 0.3 is 5.97 Å². The Morgan fingerprint density at radius 1 is 1.09 bits per heavy atom. The van der Waals surface area contributed by atoms with Gasteiger partial charge < -0.3 is 14.6 Å². The van der Waals surface area contributed by atoms with Crippen LogP contribution in [0.15, 0.2) is 60.2 Å². The van der Waals surface area contributed by atoms with E-state index in [1.165, 1.54) is 7.11 Å². The Kier molecular flexibility index (Phi) is 7.14. The van der Waals surface area contributed by atoms with Crippen molar-refractivity contribution in [3.8, 4) is 11.8 Å². The van der Waals surface area contributed by atoms with Crippen LogP contribution in [0.3, 0.4) is 0 Å². The molecule has 0 aliphatic heterocycles. The zero-order valence-corrected chi connectivity index (χ0v) is 19.5. The molecule has 6 nitrogen and oxygen atoms in total. The van der Waals surface area contributed by atoms with E-state index in [0.29, 0.717) is 5.56 Å². The molecular formula is C27H27N3O3. The summed E-state index contributed by atoms with van der Waals surface area (Å²) in [6, 6.07) is 18.7. The highest BCUT2D eigenvalue weighted by Gasteiger charge is 2.17. The molecule has 0 bridgehead atoms. The third-order valence-electron chi connectivity index (χ3n) is 5.64. The van der Waals surface area contributed by atoms with Gasteiger partial charge in [-0.25, -0.2) is 4.79 Å². The predicted molar refractivity (Wildman–Crippen MR) is 128 cm³/mol. The van der Waals surface area contributed by atoms with Crippen molar-refractivity contribution in [1.29, 1.82) is 5.26 Å². The molecule has 33 heavy (non-hydrogen) atoms. The molecule has 0 aliphatic carbocycles. The lowest BCUT2D eigenvalue weighted by molar-refractivity contribution is -0.117. The van der Waals surface area contributed by atoms with Crippen molar-refractivity contribution in [3.05, 3.63) is 93.8 Å². The molecule has 6 heteroatoms. The van der Waals surface area contributed by atoms with Gasteiger partial charge in [-0.2, -0.15) is 5.26 Å². The second-order valence-corrected chi connectivity index (χ2v) is 7.93. The van der Waals surface area contributed by atoms with Crippen LogP contribution in [0.1, 0.15) is 51.4 Å². The van der Waals surface area contributed by atoms with Gasteiger partial charge in [0.05, 0.1) is 18.7 Å². The number of hydrogen-bond donors (Lipinski definition) is 1. The highest BCUT2D eigenvalue weighted by Crippen LogP contribution is 2.26. The van der Waals surface area contributed by atoms with E-state index in [0.717, 1.165) is 33.8 Å². The third-order valence-corrected chi connectivity index (χ3v) is 5.64. The average Bonchev–Trinajstić information content (AvgIpc) is 3.09. The first-order valence-electron chi connectivity index (χ1n) is 10.6. The third kappa shape index (κ3) is 5.04. The number of carbonyl (C=O) groups excluding carboxylic acids is 2. The molecule has 0 aliphatic rings. The molecule has 3 rings (SSSR count). The molecule has 1 heterocycles. The van der Waals surface area contributed by atoms with Crippen molar-refractivity contribution in [2.45, 2.75) is 33.7 Å². The summed E-state index contributed by atoms with van der Waals surface area (Å²) in [6.07, 6.45) is 1.62. The van der Waals surface area contributed by atoms with E-state index in [1.54, 1.807) is 18.2 Å². The van der Waals surface area contributed by atoms with E-state index in [1.807, 2.05) is 80.8 Å². The van der Waals surface area contributed by atoms with Crippen LogP contribution < -0.4 is 5.32 Å². The normalized spacial score (nSPS) is 12.1. The maximum absolute atomic E-state index is 12.8. The zero-order chi connectivity index (χ0) is 24.1. The minimum atomic E-state index is -0.419. The maximum Gasteiger partial charge on any atom is 0.337 e. The van der Waals surface area contributed by atoms with Gasteiger partial charge in [-0.3, -0.25) is 4.79 Å². The number of aromatic nitrogens is 1. The van der Waals surface area contributed by atoms with Crippen LogP contribution in [0.2, 0.25) is 0 Å². The van der Waals surface area contributed by atoms with Crippen LogP contribution >= 0.6 is 0 Å². The molecule has 1 atom stereocenters. The Hall–Kier alpha value is -4.11. The van der Waals surface area contributed by atoms with Gasteiger partial charge in [-0.1, -0.05) is 30.3 Å². The largest absolute Gasteiger partial charge is 0.465 e. The first kappa shape index (κ1) is 23.6. The Morgan fingerprint density at radius 3 is 2.39 bits per heavy atom. The Balaban J connectivity index is 1.91. The number of methoxy groups -OCH3 is 1. The van der Waals surface area contributed by atoms with E-state index in [2.05, 4.69) is 5.32 Å². The summed E-state index contributed by atoms with van der Waals surface area (Å²) in [5.74, 6) is -0.805. The first-order chi connectivity index (χ1) is 15.8. The highest BCUT2D eigenvalue weighted by molar-refractivity contribution is 6.02. The summed E-state index contributed by atoms with van der Waals surface area (Å²) >= 11 is 0. The van der Waals surface area contributed by atoms with Crippen molar-refractivity contribution >= 4 is 18.0 Å². The van der Waals surface area contributed by atoms with E-state index >= 15 is 0 Å². The number of benzene rings is 2. The standard InChI is InChI=1S/C27H27N3O3/c1-17-13-22(27(32)33-5)11-12-25(17)30-18(2)14-23(20(30)4)15-24(16-28)26(31)29-19(3)21-9-7-6-8-10-21/h6-15,19H,1-5H3,(H,29,31)/b24-15-/t19-/m0/s1. The predicted octanol–water partition coefficient (Wildman–Crippen LogP) is 4.97. The number of rotatable bonds is 6. The van der Waals surface area contributed by atoms with Gasteiger partial charge in [-0.15, -0.1) is 0 Å². The van der Waals surface area contributed by atoms with E-state index in [9.17, 15) is 14.9 Å². The zero-order valence-electron chi connectivity index (χ0n) is 19.5. The number of nitriles is 1. The topological polar surface area (TPSA) is 84.1 Å². The lowest BCUT2D eigenvalue weighted by atomic mass is 10.1. The fourth-order valence-corrected chi connectivity index (χ4v) is 3.86. The van der Waals surface area contributed by atoms with Crippen LogP contribution in [0.5, 0.6) is 0 Å². The molecule has 0 unspecified atom stereocenters. The number of hydrogen-bond acceptors (Lipinski definition) is 4. The van der Waals surface area contributed by atoms with E-state index in [-0.39, 0.29) is 17.6 Å². The Morgan fingerprint density at radius 2 is 1.79 bits per heavy atom. The molecule has 1 N–H and O–H groups in total. The van der Waals surface area contributed by atoms with Gasteiger partial charge in [0.2, 0.25) is 0 Å². The van der Waals surface area contributed by atoms with E-state index in [4.69, 9.17) is 4.74 Å².